The molecule has 0 bridgehead atoms. The van der Waals surface area contributed by atoms with Crippen molar-refractivity contribution in [2.24, 2.45) is 4.99 Å². The van der Waals surface area contributed by atoms with Gasteiger partial charge in [0.2, 0.25) is 0 Å². The maximum Gasteiger partial charge on any atom is 0.286 e. The molecule has 0 unspecified atom stereocenters. The summed E-state index contributed by atoms with van der Waals surface area (Å²) in [6.45, 7) is 5.20. The van der Waals surface area contributed by atoms with E-state index in [0.29, 0.717) is 89.9 Å². The highest BCUT2D eigenvalue weighted by Gasteiger charge is 2.30. The van der Waals surface area contributed by atoms with E-state index in [1.54, 1.807) is 12.1 Å². The zero-order valence-corrected chi connectivity index (χ0v) is 24.3. The van der Waals surface area contributed by atoms with Crippen molar-refractivity contribution in [3.63, 3.8) is 0 Å². The van der Waals surface area contributed by atoms with Crippen molar-refractivity contribution in [3.8, 4) is 0 Å². The monoisotopic (exact) mass is 621 g/mol. The fourth-order valence-electron chi connectivity index (χ4n) is 4.58. The Balaban J connectivity index is 1.07. The fourth-order valence-corrected chi connectivity index (χ4v) is 7.10. The molecule has 16 heteroatoms. The van der Waals surface area contributed by atoms with Crippen LogP contribution in [0, 0.1) is 0 Å². The molecule has 3 aliphatic heterocycles. The van der Waals surface area contributed by atoms with E-state index in [1.807, 2.05) is 28.0 Å². The average molecular weight is 623 g/mol. The van der Waals surface area contributed by atoms with Crippen LogP contribution in [-0.2, 0) is 4.79 Å². The molecule has 0 N–H and O–H groups in total. The number of aromatic nitrogens is 4. The minimum absolute atomic E-state index is 0.0481. The van der Waals surface area contributed by atoms with Gasteiger partial charge in [0.1, 0.15) is 0 Å². The minimum atomic E-state index is -0.271. The Hall–Kier alpha value is -2.78. The van der Waals surface area contributed by atoms with Gasteiger partial charge < -0.3 is 19.6 Å². The van der Waals surface area contributed by atoms with Gasteiger partial charge >= 0.3 is 0 Å². The molecule has 2 saturated heterocycles. The van der Waals surface area contributed by atoms with Crippen LogP contribution in [0.3, 0.4) is 0 Å². The van der Waals surface area contributed by atoms with Crippen molar-refractivity contribution in [3.05, 3.63) is 50.6 Å². The number of rotatable bonds is 4. The summed E-state index contributed by atoms with van der Waals surface area (Å²) in [4.78, 5) is 38.8. The Kier molecular flexibility index (Phi) is 7.71. The summed E-state index contributed by atoms with van der Waals surface area (Å²) >= 11 is 15.8. The number of hydrogen-bond acceptors (Lipinski definition) is 12. The van der Waals surface area contributed by atoms with E-state index in [9.17, 15) is 9.59 Å². The lowest BCUT2D eigenvalue weighted by atomic mass is 10.1. The molecule has 11 nitrogen and oxygen atoms in total. The number of halogens is 2. The highest BCUT2D eigenvalue weighted by molar-refractivity contribution is 8.18. The van der Waals surface area contributed by atoms with E-state index in [2.05, 4.69) is 32.3 Å². The number of amides is 2. The first-order chi connectivity index (χ1) is 19.0. The summed E-state index contributed by atoms with van der Waals surface area (Å²) in [6.07, 6.45) is 1.80. The van der Waals surface area contributed by atoms with Crippen LogP contribution in [0.2, 0.25) is 10.3 Å². The third-order valence-electron chi connectivity index (χ3n) is 6.62. The molecular weight excluding hydrogens is 601 g/mol. The standard InChI is InChI=1S/C23H21Cl2N9O2S3/c24-17-19(29-38-27-17)31-4-8-33(9-5-31)22(36)15-3-1-2-14(12-15)13-16-21(35)26-23(37-16)34-10-6-32(7-11-34)20-18(25)28-39-30-20/h1-3,12-13H,4-11H2. The largest absolute Gasteiger partial charge is 0.350 e. The molecule has 1 aromatic carbocycles. The quantitative estimate of drug-likeness (QED) is 0.402. The number of anilines is 2. The first-order valence-electron chi connectivity index (χ1n) is 12.1. The first-order valence-corrected chi connectivity index (χ1v) is 15.1. The summed E-state index contributed by atoms with van der Waals surface area (Å²) in [5, 5.41) is 1.50. The van der Waals surface area contributed by atoms with Crippen LogP contribution in [0.25, 0.3) is 6.08 Å². The van der Waals surface area contributed by atoms with Crippen LogP contribution in [0.15, 0.2) is 34.2 Å². The molecule has 0 spiro atoms. The molecule has 2 fully saturated rings. The van der Waals surface area contributed by atoms with Crippen molar-refractivity contribution >= 4 is 93.1 Å². The van der Waals surface area contributed by atoms with Crippen LogP contribution in [0.1, 0.15) is 15.9 Å². The van der Waals surface area contributed by atoms with Crippen molar-refractivity contribution in [1.29, 1.82) is 0 Å². The molecule has 0 saturated carbocycles. The highest BCUT2D eigenvalue weighted by atomic mass is 35.5. The van der Waals surface area contributed by atoms with E-state index in [0.717, 1.165) is 29.0 Å². The van der Waals surface area contributed by atoms with Gasteiger partial charge in [0.05, 0.1) is 28.4 Å². The minimum Gasteiger partial charge on any atom is -0.350 e. The van der Waals surface area contributed by atoms with Crippen LogP contribution >= 0.6 is 58.4 Å². The number of carbonyl (C=O) groups excluding carboxylic acids is 2. The van der Waals surface area contributed by atoms with Gasteiger partial charge in [0.15, 0.2) is 27.1 Å². The van der Waals surface area contributed by atoms with Crippen LogP contribution < -0.4 is 9.80 Å². The number of hydrogen-bond donors (Lipinski definition) is 0. The van der Waals surface area contributed by atoms with E-state index < -0.39 is 0 Å². The van der Waals surface area contributed by atoms with Gasteiger partial charge in [-0.15, -0.1) is 0 Å². The predicted molar refractivity (Wildman–Crippen MR) is 156 cm³/mol. The molecule has 2 amide bonds. The molecule has 0 aliphatic carbocycles. The average Bonchev–Trinajstić information content (AvgIpc) is 3.69. The van der Waals surface area contributed by atoms with E-state index in [4.69, 9.17) is 23.2 Å². The van der Waals surface area contributed by atoms with Gasteiger partial charge in [-0.05, 0) is 35.5 Å². The molecule has 0 atom stereocenters. The second kappa shape index (κ2) is 11.4. The lowest BCUT2D eigenvalue weighted by Crippen LogP contribution is -2.49. The normalized spacial score (nSPS) is 19.3. The van der Waals surface area contributed by atoms with E-state index >= 15 is 0 Å². The summed E-state index contributed by atoms with van der Waals surface area (Å²) in [5.74, 6) is 1.06. The number of amidine groups is 1. The number of nitrogens with zero attached hydrogens (tertiary/aromatic N) is 9. The van der Waals surface area contributed by atoms with Gasteiger partial charge in [-0.1, -0.05) is 35.3 Å². The summed E-state index contributed by atoms with van der Waals surface area (Å²) in [6, 6.07) is 7.33. The third kappa shape index (κ3) is 5.61. The number of carbonyl (C=O) groups is 2. The lowest BCUT2D eigenvalue weighted by molar-refractivity contribution is -0.113. The molecule has 5 heterocycles. The number of aliphatic imine (C=N–C) groups is 1. The Bertz CT molecular complexity index is 1460. The maximum atomic E-state index is 13.2. The summed E-state index contributed by atoms with van der Waals surface area (Å²) < 4.78 is 16.6. The van der Waals surface area contributed by atoms with Crippen molar-refractivity contribution in [2.45, 2.75) is 0 Å². The number of piperazine rings is 2. The smallest absolute Gasteiger partial charge is 0.286 e. The second-order valence-corrected chi connectivity index (χ2v) is 11.7. The van der Waals surface area contributed by atoms with Crippen LogP contribution in [0.4, 0.5) is 11.6 Å². The molecule has 2 aromatic heterocycles. The zero-order valence-electron chi connectivity index (χ0n) is 20.4. The van der Waals surface area contributed by atoms with E-state index in [-0.39, 0.29) is 11.8 Å². The third-order valence-corrected chi connectivity index (χ3v) is 9.41. The predicted octanol–water partition coefficient (Wildman–Crippen LogP) is 3.45. The van der Waals surface area contributed by atoms with Gasteiger partial charge in [-0.2, -0.15) is 22.5 Å². The van der Waals surface area contributed by atoms with E-state index in [1.165, 1.54) is 11.8 Å². The molecule has 3 aliphatic rings. The fraction of sp³-hybridized carbons (Fsp3) is 0.348. The van der Waals surface area contributed by atoms with Crippen molar-refractivity contribution < 1.29 is 9.59 Å². The lowest BCUT2D eigenvalue weighted by Gasteiger charge is -2.35. The van der Waals surface area contributed by atoms with Gasteiger partial charge in [0.25, 0.3) is 11.8 Å². The Morgan fingerprint density at radius 3 is 2.00 bits per heavy atom. The molecule has 39 heavy (non-hydrogen) atoms. The topological polar surface area (TPSA) is 111 Å². The number of thioether (sulfide) groups is 1. The first kappa shape index (κ1) is 26.4. The van der Waals surface area contributed by atoms with Crippen molar-refractivity contribution in [2.75, 3.05) is 62.2 Å². The maximum absolute atomic E-state index is 13.2. The molecular formula is C23H21Cl2N9O2S3. The SMILES string of the molecule is O=C1N=C(N2CCN(c3nsnc3Cl)CC2)SC1=Cc1cccc(C(=O)N2CCN(c3nsnc3Cl)CC2)c1. The van der Waals surface area contributed by atoms with Gasteiger partial charge in [-0.3, -0.25) is 9.59 Å². The molecule has 0 radical (unpaired) electrons. The molecule has 6 rings (SSSR count). The number of benzene rings is 1. The molecule has 3 aromatic rings. The Morgan fingerprint density at radius 2 is 1.41 bits per heavy atom. The zero-order chi connectivity index (χ0) is 26.9. The van der Waals surface area contributed by atoms with Gasteiger partial charge in [-0.25, -0.2) is 0 Å². The van der Waals surface area contributed by atoms with Crippen LogP contribution in [0.5, 0.6) is 0 Å². The van der Waals surface area contributed by atoms with Crippen LogP contribution in [-0.4, -0.2) is 96.6 Å². The summed E-state index contributed by atoms with van der Waals surface area (Å²) in [5.41, 5.74) is 1.36. The Labute approximate surface area is 246 Å². The second-order valence-electron chi connectivity index (χ2n) is 8.95. The Morgan fingerprint density at radius 1 is 0.821 bits per heavy atom. The molecule has 202 valence electrons. The summed E-state index contributed by atoms with van der Waals surface area (Å²) in [7, 11) is 0. The van der Waals surface area contributed by atoms with Crippen molar-refractivity contribution in [1.82, 2.24) is 27.3 Å². The highest BCUT2D eigenvalue weighted by Crippen LogP contribution is 2.32. The van der Waals surface area contributed by atoms with Gasteiger partial charge in [0, 0.05) is 57.9 Å².